The highest BCUT2D eigenvalue weighted by molar-refractivity contribution is 9.10. The standard InChI is InChI=1S/C18H28BrN/c1-5-18(3,4)14-6-8-16(9-7-14)20-17-11-13(2)10-15(19)12-17/h10-12,14,16,20H,5-9H2,1-4H3. The Bertz CT molecular complexity index is 424. The van der Waals surface area contributed by atoms with E-state index in [1.54, 1.807) is 0 Å². The van der Waals surface area contributed by atoms with Gasteiger partial charge in [-0.15, -0.1) is 0 Å². The highest BCUT2D eigenvalue weighted by Crippen LogP contribution is 2.41. The second-order valence-corrected chi connectivity index (χ2v) is 7.97. The summed E-state index contributed by atoms with van der Waals surface area (Å²) in [6.45, 7) is 9.34. The van der Waals surface area contributed by atoms with Crippen molar-refractivity contribution >= 4 is 21.6 Å². The van der Waals surface area contributed by atoms with E-state index in [4.69, 9.17) is 0 Å². The molecule has 0 bridgehead atoms. The van der Waals surface area contributed by atoms with Gasteiger partial charge in [0.2, 0.25) is 0 Å². The van der Waals surface area contributed by atoms with Crippen molar-refractivity contribution < 1.29 is 0 Å². The van der Waals surface area contributed by atoms with Crippen molar-refractivity contribution in [2.24, 2.45) is 11.3 Å². The Morgan fingerprint density at radius 1 is 1.15 bits per heavy atom. The van der Waals surface area contributed by atoms with E-state index in [1.165, 1.54) is 47.8 Å². The molecule has 0 atom stereocenters. The second-order valence-electron chi connectivity index (χ2n) is 7.05. The first-order valence-corrected chi connectivity index (χ1v) is 8.74. The molecule has 1 nitrogen and oxygen atoms in total. The minimum Gasteiger partial charge on any atom is -0.382 e. The fraction of sp³-hybridized carbons (Fsp3) is 0.667. The molecular weight excluding hydrogens is 310 g/mol. The molecule has 112 valence electrons. The molecule has 1 aromatic rings. The molecule has 0 heterocycles. The topological polar surface area (TPSA) is 12.0 Å². The molecule has 0 spiro atoms. The zero-order chi connectivity index (χ0) is 14.8. The molecule has 1 aliphatic carbocycles. The Morgan fingerprint density at radius 2 is 1.80 bits per heavy atom. The summed E-state index contributed by atoms with van der Waals surface area (Å²) in [7, 11) is 0. The Kier molecular flexibility index (Phi) is 5.17. The van der Waals surface area contributed by atoms with Crippen LogP contribution >= 0.6 is 15.9 Å². The van der Waals surface area contributed by atoms with Crippen molar-refractivity contribution in [3.8, 4) is 0 Å². The molecule has 1 fully saturated rings. The smallest absolute Gasteiger partial charge is 0.0356 e. The normalized spacial score (nSPS) is 23.6. The third-order valence-electron chi connectivity index (χ3n) is 5.16. The average molecular weight is 338 g/mol. The van der Waals surface area contributed by atoms with Gasteiger partial charge >= 0.3 is 0 Å². The SMILES string of the molecule is CCC(C)(C)C1CCC(Nc2cc(C)cc(Br)c2)CC1. The van der Waals surface area contributed by atoms with Crippen LogP contribution in [0.2, 0.25) is 0 Å². The molecule has 0 amide bonds. The van der Waals surface area contributed by atoms with Crippen molar-refractivity contribution in [2.75, 3.05) is 5.32 Å². The number of aryl methyl sites for hydroxylation is 1. The van der Waals surface area contributed by atoms with Crippen LogP contribution < -0.4 is 5.32 Å². The van der Waals surface area contributed by atoms with Gasteiger partial charge in [0.25, 0.3) is 0 Å². The van der Waals surface area contributed by atoms with Crippen molar-refractivity contribution in [1.29, 1.82) is 0 Å². The molecule has 0 aliphatic heterocycles. The van der Waals surface area contributed by atoms with Gasteiger partial charge in [0, 0.05) is 16.2 Å². The van der Waals surface area contributed by atoms with Crippen LogP contribution in [0, 0.1) is 18.3 Å². The van der Waals surface area contributed by atoms with E-state index in [2.05, 4.69) is 67.1 Å². The minimum atomic E-state index is 0.511. The van der Waals surface area contributed by atoms with E-state index in [0.717, 1.165) is 5.92 Å². The molecule has 20 heavy (non-hydrogen) atoms. The Balaban J connectivity index is 1.91. The number of rotatable bonds is 4. The van der Waals surface area contributed by atoms with Crippen LogP contribution in [0.15, 0.2) is 22.7 Å². The third kappa shape index (κ3) is 4.00. The predicted molar refractivity (Wildman–Crippen MR) is 92.3 cm³/mol. The molecule has 1 aromatic carbocycles. The van der Waals surface area contributed by atoms with Crippen LogP contribution in [0.3, 0.4) is 0 Å². The maximum atomic E-state index is 3.72. The Hall–Kier alpha value is -0.500. The van der Waals surface area contributed by atoms with Crippen LogP contribution in [-0.2, 0) is 0 Å². The zero-order valence-corrected chi connectivity index (χ0v) is 14.9. The fourth-order valence-electron chi connectivity index (χ4n) is 3.36. The van der Waals surface area contributed by atoms with E-state index in [1.807, 2.05) is 0 Å². The van der Waals surface area contributed by atoms with Gasteiger partial charge in [-0.05, 0) is 67.7 Å². The quantitative estimate of drug-likeness (QED) is 0.693. The second kappa shape index (κ2) is 6.51. The van der Waals surface area contributed by atoms with E-state index < -0.39 is 0 Å². The summed E-state index contributed by atoms with van der Waals surface area (Å²) in [6, 6.07) is 7.24. The molecule has 1 aliphatic rings. The Labute approximate surface area is 132 Å². The molecule has 1 saturated carbocycles. The van der Waals surface area contributed by atoms with E-state index in [-0.39, 0.29) is 0 Å². The van der Waals surface area contributed by atoms with Gasteiger partial charge in [-0.25, -0.2) is 0 Å². The maximum absolute atomic E-state index is 3.72. The summed E-state index contributed by atoms with van der Waals surface area (Å²) in [4.78, 5) is 0. The van der Waals surface area contributed by atoms with Crippen LogP contribution in [0.1, 0.15) is 58.4 Å². The van der Waals surface area contributed by atoms with E-state index >= 15 is 0 Å². The molecule has 0 radical (unpaired) electrons. The van der Waals surface area contributed by atoms with Crippen LogP contribution in [-0.4, -0.2) is 6.04 Å². The summed E-state index contributed by atoms with van der Waals surface area (Å²) in [6.07, 6.45) is 6.64. The summed E-state index contributed by atoms with van der Waals surface area (Å²) in [5.41, 5.74) is 3.08. The van der Waals surface area contributed by atoms with Crippen molar-refractivity contribution in [1.82, 2.24) is 0 Å². The van der Waals surface area contributed by atoms with Gasteiger partial charge in [-0.2, -0.15) is 0 Å². The lowest BCUT2D eigenvalue weighted by Gasteiger charge is -2.39. The first-order chi connectivity index (χ1) is 9.40. The van der Waals surface area contributed by atoms with Gasteiger partial charge in [0.05, 0.1) is 0 Å². The molecular formula is C18H28BrN. The Morgan fingerprint density at radius 3 is 2.35 bits per heavy atom. The van der Waals surface area contributed by atoms with Crippen molar-refractivity contribution in [3.63, 3.8) is 0 Å². The molecule has 0 saturated heterocycles. The highest BCUT2D eigenvalue weighted by Gasteiger charge is 2.31. The number of nitrogens with one attached hydrogen (secondary N) is 1. The monoisotopic (exact) mass is 337 g/mol. The van der Waals surface area contributed by atoms with Crippen LogP contribution in [0.5, 0.6) is 0 Å². The van der Waals surface area contributed by atoms with Gasteiger partial charge in [-0.1, -0.05) is 43.1 Å². The lowest BCUT2D eigenvalue weighted by atomic mass is 9.69. The van der Waals surface area contributed by atoms with Crippen LogP contribution in [0.25, 0.3) is 0 Å². The van der Waals surface area contributed by atoms with Gasteiger partial charge in [0.1, 0.15) is 0 Å². The largest absolute Gasteiger partial charge is 0.382 e. The fourth-order valence-corrected chi connectivity index (χ4v) is 3.97. The predicted octanol–water partition coefficient (Wildman–Crippen LogP) is 6.16. The number of anilines is 1. The zero-order valence-electron chi connectivity index (χ0n) is 13.3. The number of hydrogen-bond donors (Lipinski definition) is 1. The van der Waals surface area contributed by atoms with E-state index in [9.17, 15) is 0 Å². The maximum Gasteiger partial charge on any atom is 0.0356 e. The summed E-state index contributed by atoms with van der Waals surface area (Å²) < 4.78 is 1.17. The average Bonchev–Trinajstić information content (AvgIpc) is 2.38. The number of hydrogen-bond acceptors (Lipinski definition) is 1. The van der Waals surface area contributed by atoms with Gasteiger partial charge in [-0.3, -0.25) is 0 Å². The van der Waals surface area contributed by atoms with E-state index in [0.29, 0.717) is 11.5 Å². The summed E-state index contributed by atoms with van der Waals surface area (Å²) in [5, 5.41) is 3.72. The van der Waals surface area contributed by atoms with Gasteiger partial charge in [0.15, 0.2) is 0 Å². The van der Waals surface area contributed by atoms with Gasteiger partial charge < -0.3 is 5.32 Å². The summed E-state index contributed by atoms with van der Waals surface area (Å²) in [5.74, 6) is 0.898. The van der Waals surface area contributed by atoms with Crippen molar-refractivity contribution in [3.05, 3.63) is 28.2 Å². The van der Waals surface area contributed by atoms with Crippen molar-refractivity contribution in [2.45, 2.75) is 65.8 Å². The summed E-state index contributed by atoms with van der Waals surface area (Å²) >= 11 is 3.58. The number of halogens is 1. The number of benzene rings is 1. The molecule has 0 aromatic heterocycles. The molecule has 2 rings (SSSR count). The first-order valence-electron chi connectivity index (χ1n) is 7.94. The lowest BCUT2D eigenvalue weighted by Crippen LogP contribution is -2.32. The molecule has 1 N–H and O–H groups in total. The van der Waals surface area contributed by atoms with Crippen LogP contribution in [0.4, 0.5) is 5.69 Å². The highest BCUT2D eigenvalue weighted by atomic mass is 79.9. The first kappa shape index (κ1) is 15.9. The minimum absolute atomic E-state index is 0.511. The molecule has 0 unspecified atom stereocenters. The molecule has 2 heteroatoms. The lowest BCUT2D eigenvalue weighted by molar-refractivity contribution is 0.147. The third-order valence-corrected chi connectivity index (χ3v) is 5.61.